The molecule has 1 rings (SSSR count). The molecule has 0 aliphatic carbocycles. The predicted molar refractivity (Wildman–Crippen MR) is 63.5 cm³/mol. The quantitative estimate of drug-likeness (QED) is 0.351. The molecule has 14 heavy (non-hydrogen) atoms. The van der Waals surface area contributed by atoms with E-state index in [-0.39, 0.29) is 11.6 Å². The molecule has 0 atom stereocenters. The third-order valence-corrected chi connectivity index (χ3v) is 2.72. The molecule has 1 aromatic rings. The van der Waals surface area contributed by atoms with Gasteiger partial charge in [-0.3, -0.25) is 4.79 Å². The van der Waals surface area contributed by atoms with E-state index in [1.807, 2.05) is 0 Å². The van der Waals surface area contributed by atoms with Gasteiger partial charge in [0, 0.05) is 12.0 Å². The summed E-state index contributed by atoms with van der Waals surface area (Å²) < 4.78 is 13.6. The minimum absolute atomic E-state index is 0.106. The Labute approximate surface area is 96.8 Å². The highest BCUT2D eigenvalue weighted by Gasteiger charge is 2.04. The standard InChI is InChI=1S/C11H12FIO/c12-10-6-4-9(5-7-10)11(14)3-1-2-8-13/h4-7H,1-3,8H2. The van der Waals surface area contributed by atoms with E-state index in [2.05, 4.69) is 22.6 Å². The van der Waals surface area contributed by atoms with E-state index in [1.165, 1.54) is 12.1 Å². The van der Waals surface area contributed by atoms with Crippen LogP contribution in [0.4, 0.5) is 4.39 Å². The minimum atomic E-state index is -0.297. The van der Waals surface area contributed by atoms with Gasteiger partial charge in [-0.25, -0.2) is 4.39 Å². The first-order valence-electron chi connectivity index (χ1n) is 4.59. The van der Waals surface area contributed by atoms with Crippen LogP contribution in [0.1, 0.15) is 29.6 Å². The van der Waals surface area contributed by atoms with E-state index >= 15 is 0 Å². The van der Waals surface area contributed by atoms with Crippen LogP contribution in [-0.4, -0.2) is 10.2 Å². The summed E-state index contributed by atoms with van der Waals surface area (Å²) in [6, 6.07) is 5.74. The molecule has 0 radical (unpaired) electrons. The summed E-state index contributed by atoms with van der Waals surface area (Å²) in [4.78, 5) is 11.5. The molecule has 0 aliphatic rings. The molecule has 0 heterocycles. The van der Waals surface area contributed by atoms with E-state index < -0.39 is 0 Å². The van der Waals surface area contributed by atoms with E-state index in [9.17, 15) is 9.18 Å². The third-order valence-electron chi connectivity index (χ3n) is 1.95. The highest BCUT2D eigenvalue weighted by atomic mass is 127. The molecule has 0 N–H and O–H groups in total. The lowest BCUT2D eigenvalue weighted by Crippen LogP contribution is -1.98. The van der Waals surface area contributed by atoms with Crippen molar-refractivity contribution >= 4 is 28.4 Å². The maximum absolute atomic E-state index is 12.5. The fourth-order valence-electron chi connectivity index (χ4n) is 1.16. The molecule has 0 amide bonds. The second kappa shape index (κ2) is 6.11. The Morgan fingerprint density at radius 1 is 1.21 bits per heavy atom. The van der Waals surface area contributed by atoms with Gasteiger partial charge in [-0.2, -0.15) is 0 Å². The molecule has 76 valence electrons. The number of hydrogen-bond donors (Lipinski definition) is 0. The lowest BCUT2D eigenvalue weighted by molar-refractivity contribution is 0.0980. The lowest BCUT2D eigenvalue weighted by atomic mass is 10.1. The van der Waals surface area contributed by atoms with Crippen LogP contribution in [0.2, 0.25) is 0 Å². The van der Waals surface area contributed by atoms with Crippen LogP contribution in [0, 0.1) is 5.82 Å². The normalized spacial score (nSPS) is 10.1. The van der Waals surface area contributed by atoms with Gasteiger partial charge in [-0.05, 0) is 41.5 Å². The van der Waals surface area contributed by atoms with Gasteiger partial charge in [-0.1, -0.05) is 22.6 Å². The summed E-state index contributed by atoms with van der Waals surface area (Å²) in [5.74, 6) is -0.191. The number of ketones is 1. The van der Waals surface area contributed by atoms with Gasteiger partial charge in [0.2, 0.25) is 0 Å². The van der Waals surface area contributed by atoms with Crippen LogP contribution in [0.25, 0.3) is 0 Å². The maximum Gasteiger partial charge on any atom is 0.162 e. The summed E-state index contributed by atoms with van der Waals surface area (Å²) >= 11 is 2.29. The Morgan fingerprint density at radius 2 is 1.86 bits per heavy atom. The summed E-state index contributed by atoms with van der Waals surface area (Å²) in [6.45, 7) is 0. The average molecular weight is 306 g/mol. The first kappa shape index (κ1) is 11.6. The van der Waals surface area contributed by atoms with Crippen molar-refractivity contribution < 1.29 is 9.18 Å². The highest BCUT2D eigenvalue weighted by Crippen LogP contribution is 2.08. The molecule has 3 heteroatoms. The molecule has 0 spiro atoms. The van der Waals surface area contributed by atoms with Crippen molar-refractivity contribution in [2.75, 3.05) is 4.43 Å². The fraction of sp³-hybridized carbons (Fsp3) is 0.364. The summed E-state index contributed by atoms with van der Waals surface area (Å²) in [5.41, 5.74) is 0.611. The van der Waals surface area contributed by atoms with Gasteiger partial charge in [-0.15, -0.1) is 0 Å². The Morgan fingerprint density at radius 3 is 2.43 bits per heavy atom. The Balaban J connectivity index is 2.48. The molecule has 0 aliphatic heterocycles. The topological polar surface area (TPSA) is 17.1 Å². The monoisotopic (exact) mass is 306 g/mol. The van der Waals surface area contributed by atoms with Crippen molar-refractivity contribution in [3.05, 3.63) is 35.6 Å². The SMILES string of the molecule is O=C(CCCCI)c1ccc(F)cc1. The zero-order chi connectivity index (χ0) is 10.4. The van der Waals surface area contributed by atoms with Crippen LogP contribution in [-0.2, 0) is 0 Å². The number of unbranched alkanes of at least 4 members (excludes halogenated alkanes) is 1. The number of hydrogen-bond acceptors (Lipinski definition) is 1. The number of carbonyl (C=O) groups is 1. The molecule has 0 saturated carbocycles. The number of alkyl halides is 1. The van der Waals surface area contributed by atoms with Crippen molar-refractivity contribution in [2.45, 2.75) is 19.3 Å². The second-order valence-electron chi connectivity index (χ2n) is 3.08. The van der Waals surface area contributed by atoms with Crippen LogP contribution in [0.15, 0.2) is 24.3 Å². The first-order chi connectivity index (χ1) is 6.74. The number of halogens is 2. The van der Waals surface area contributed by atoms with Crippen molar-refractivity contribution in [2.24, 2.45) is 0 Å². The van der Waals surface area contributed by atoms with Crippen molar-refractivity contribution in [3.63, 3.8) is 0 Å². The third kappa shape index (κ3) is 3.74. The van der Waals surface area contributed by atoms with Gasteiger partial charge in [0.1, 0.15) is 5.82 Å². The van der Waals surface area contributed by atoms with Crippen molar-refractivity contribution in [1.82, 2.24) is 0 Å². The molecule has 0 aromatic heterocycles. The summed E-state index contributed by atoms with van der Waals surface area (Å²) in [5, 5.41) is 0. The Kier molecular flexibility index (Phi) is 5.07. The van der Waals surface area contributed by atoms with Gasteiger partial charge in [0.15, 0.2) is 5.78 Å². The van der Waals surface area contributed by atoms with E-state index in [0.717, 1.165) is 17.3 Å². The Bertz CT molecular complexity index is 295. The molecule has 0 saturated heterocycles. The highest BCUT2D eigenvalue weighted by molar-refractivity contribution is 14.1. The van der Waals surface area contributed by atoms with Crippen LogP contribution >= 0.6 is 22.6 Å². The van der Waals surface area contributed by atoms with Gasteiger partial charge < -0.3 is 0 Å². The van der Waals surface area contributed by atoms with E-state index in [0.29, 0.717) is 12.0 Å². The van der Waals surface area contributed by atoms with Gasteiger partial charge >= 0.3 is 0 Å². The number of carbonyl (C=O) groups excluding carboxylic acids is 1. The number of benzene rings is 1. The molecular weight excluding hydrogens is 294 g/mol. The van der Waals surface area contributed by atoms with Gasteiger partial charge in [0.25, 0.3) is 0 Å². The van der Waals surface area contributed by atoms with Crippen LogP contribution in [0.5, 0.6) is 0 Å². The van der Waals surface area contributed by atoms with E-state index in [1.54, 1.807) is 12.1 Å². The zero-order valence-corrected chi connectivity index (χ0v) is 9.96. The first-order valence-corrected chi connectivity index (χ1v) is 6.11. The fourth-order valence-corrected chi connectivity index (χ4v) is 1.70. The molecular formula is C11H12FIO. The van der Waals surface area contributed by atoms with Gasteiger partial charge in [0.05, 0.1) is 0 Å². The van der Waals surface area contributed by atoms with E-state index in [4.69, 9.17) is 0 Å². The summed E-state index contributed by atoms with van der Waals surface area (Å²) in [7, 11) is 0. The minimum Gasteiger partial charge on any atom is -0.294 e. The average Bonchev–Trinajstić information content (AvgIpc) is 2.19. The van der Waals surface area contributed by atoms with Crippen LogP contribution in [0.3, 0.4) is 0 Å². The Hall–Kier alpha value is -0.450. The smallest absolute Gasteiger partial charge is 0.162 e. The molecule has 0 unspecified atom stereocenters. The zero-order valence-electron chi connectivity index (χ0n) is 7.80. The summed E-state index contributed by atoms with van der Waals surface area (Å²) in [6.07, 6.45) is 2.54. The lowest BCUT2D eigenvalue weighted by Gasteiger charge is -1.99. The van der Waals surface area contributed by atoms with Crippen molar-refractivity contribution in [1.29, 1.82) is 0 Å². The number of Topliss-reactive ketones (excluding diaryl/α,β-unsaturated/α-hetero) is 1. The molecule has 0 bridgehead atoms. The van der Waals surface area contributed by atoms with Crippen molar-refractivity contribution in [3.8, 4) is 0 Å². The molecule has 0 fully saturated rings. The molecule has 1 aromatic carbocycles. The molecule has 1 nitrogen and oxygen atoms in total. The largest absolute Gasteiger partial charge is 0.294 e. The maximum atomic E-state index is 12.5. The predicted octanol–water partition coefficient (Wildman–Crippen LogP) is 3.61. The van der Waals surface area contributed by atoms with Crippen LogP contribution < -0.4 is 0 Å². The number of rotatable bonds is 5. The second-order valence-corrected chi connectivity index (χ2v) is 4.15.